The monoisotopic (exact) mass is 293 g/mol. The molecule has 0 saturated carbocycles. The van der Waals surface area contributed by atoms with Crippen LogP contribution in [0.15, 0.2) is 12.1 Å². The molecule has 1 atom stereocenters. The van der Waals surface area contributed by atoms with Gasteiger partial charge in [0.25, 0.3) is 5.91 Å². The van der Waals surface area contributed by atoms with Gasteiger partial charge in [-0.05, 0) is 43.5 Å². The number of carbonyl (C=O) groups excluding carboxylic acids is 1. The molecule has 1 amide bonds. The first-order valence-corrected chi connectivity index (χ1v) is 7.09. The molecule has 0 bridgehead atoms. The lowest BCUT2D eigenvalue weighted by atomic mass is 10.0. The molecule has 0 spiro atoms. The number of amides is 1. The minimum atomic E-state index is -1.00. The maximum atomic E-state index is 12.2. The number of unbranched alkanes of at least 4 members (excludes halogenated alkanes) is 1. The van der Waals surface area contributed by atoms with Gasteiger partial charge in [0.2, 0.25) is 0 Å². The van der Waals surface area contributed by atoms with Crippen LogP contribution in [0.4, 0.5) is 0 Å². The SMILES string of the molecule is CCCCC(NC(=O)c1cc(C)c(OC)c(C)c1)C(=O)O. The summed E-state index contributed by atoms with van der Waals surface area (Å²) >= 11 is 0. The number of ether oxygens (including phenoxy) is 1. The molecule has 1 rings (SSSR count). The van der Waals surface area contributed by atoms with Crippen molar-refractivity contribution in [2.75, 3.05) is 7.11 Å². The molecular weight excluding hydrogens is 270 g/mol. The van der Waals surface area contributed by atoms with Gasteiger partial charge in [-0.15, -0.1) is 0 Å². The van der Waals surface area contributed by atoms with Crippen LogP contribution in [0.2, 0.25) is 0 Å². The van der Waals surface area contributed by atoms with E-state index in [1.54, 1.807) is 19.2 Å². The second-order valence-electron chi connectivity index (χ2n) is 5.15. The summed E-state index contributed by atoms with van der Waals surface area (Å²) in [5, 5.41) is 11.7. The average molecular weight is 293 g/mol. The number of carboxylic acids is 1. The Bertz CT molecular complexity index is 502. The van der Waals surface area contributed by atoms with Gasteiger partial charge in [0.15, 0.2) is 0 Å². The predicted molar refractivity (Wildman–Crippen MR) is 80.9 cm³/mol. The number of carboxylic acid groups (broad SMARTS) is 1. The average Bonchev–Trinajstić information content (AvgIpc) is 2.42. The molecule has 1 unspecified atom stereocenters. The van der Waals surface area contributed by atoms with E-state index in [0.717, 1.165) is 29.7 Å². The molecule has 5 heteroatoms. The van der Waals surface area contributed by atoms with Crippen LogP contribution in [0.1, 0.15) is 47.7 Å². The van der Waals surface area contributed by atoms with Crippen LogP contribution in [0, 0.1) is 13.8 Å². The second-order valence-corrected chi connectivity index (χ2v) is 5.15. The smallest absolute Gasteiger partial charge is 0.326 e. The molecular formula is C16H23NO4. The molecule has 0 aliphatic rings. The largest absolute Gasteiger partial charge is 0.496 e. The first-order chi connectivity index (χ1) is 9.90. The van der Waals surface area contributed by atoms with Gasteiger partial charge >= 0.3 is 5.97 Å². The lowest BCUT2D eigenvalue weighted by Gasteiger charge is -2.16. The summed E-state index contributed by atoms with van der Waals surface area (Å²) in [4.78, 5) is 23.4. The van der Waals surface area contributed by atoms with E-state index in [1.165, 1.54) is 0 Å². The third-order valence-electron chi connectivity index (χ3n) is 3.38. The van der Waals surface area contributed by atoms with Crippen molar-refractivity contribution in [3.8, 4) is 5.75 Å². The zero-order valence-electron chi connectivity index (χ0n) is 13.0. The Kier molecular flexibility index (Phi) is 6.21. The Labute approximate surface area is 125 Å². The van der Waals surface area contributed by atoms with E-state index in [2.05, 4.69) is 5.32 Å². The Balaban J connectivity index is 2.90. The maximum Gasteiger partial charge on any atom is 0.326 e. The van der Waals surface area contributed by atoms with Crippen molar-refractivity contribution in [3.63, 3.8) is 0 Å². The molecule has 0 saturated heterocycles. The van der Waals surface area contributed by atoms with Crippen molar-refractivity contribution in [3.05, 3.63) is 28.8 Å². The highest BCUT2D eigenvalue weighted by Crippen LogP contribution is 2.24. The minimum Gasteiger partial charge on any atom is -0.496 e. The number of carbonyl (C=O) groups is 2. The number of methoxy groups -OCH3 is 1. The van der Waals surface area contributed by atoms with Gasteiger partial charge in [-0.2, -0.15) is 0 Å². The van der Waals surface area contributed by atoms with E-state index in [-0.39, 0.29) is 5.91 Å². The minimum absolute atomic E-state index is 0.368. The van der Waals surface area contributed by atoms with E-state index in [4.69, 9.17) is 9.84 Å². The fraction of sp³-hybridized carbons (Fsp3) is 0.500. The Morgan fingerprint density at radius 1 is 1.29 bits per heavy atom. The van der Waals surface area contributed by atoms with E-state index in [9.17, 15) is 9.59 Å². The number of nitrogens with one attached hydrogen (secondary N) is 1. The topological polar surface area (TPSA) is 75.6 Å². The van der Waals surface area contributed by atoms with Crippen LogP contribution in [0.25, 0.3) is 0 Å². The molecule has 0 fully saturated rings. The van der Waals surface area contributed by atoms with Crippen molar-refractivity contribution < 1.29 is 19.4 Å². The van der Waals surface area contributed by atoms with Crippen LogP contribution in [-0.2, 0) is 4.79 Å². The molecule has 0 aliphatic heterocycles. The van der Waals surface area contributed by atoms with Crippen LogP contribution in [-0.4, -0.2) is 30.1 Å². The summed E-state index contributed by atoms with van der Waals surface area (Å²) < 4.78 is 5.26. The number of rotatable bonds is 7. The lowest BCUT2D eigenvalue weighted by Crippen LogP contribution is -2.40. The van der Waals surface area contributed by atoms with Crippen LogP contribution in [0.3, 0.4) is 0 Å². The number of aliphatic carboxylic acids is 1. The summed E-state index contributed by atoms with van der Waals surface area (Å²) in [6, 6.07) is 2.57. The van der Waals surface area contributed by atoms with Crippen molar-refractivity contribution in [1.82, 2.24) is 5.32 Å². The summed E-state index contributed by atoms with van der Waals surface area (Å²) in [6.45, 7) is 5.69. The predicted octanol–water partition coefficient (Wildman–Crippen LogP) is 2.69. The van der Waals surface area contributed by atoms with Crippen molar-refractivity contribution in [1.29, 1.82) is 0 Å². The fourth-order valence-corrected chi connectivity index (χ4v) is 2.31. The van der Waals surface area contributed by atoms with Gasteiger partial charge < -0.3 is 15.2 Å². The van der Waals surface area contributed by atoms with Gasteiger partial charge in [0.05, 0.1) is 7.11 Å². The highest BCUT2D eigenvalue weighted by molar-refractivity contribution is 5.97. The standard InChI is InChI=1S/C16H23NO4/c1-5-6-7-13(16(19)20)17-15(18)12-8-10(2)14(21-4)11(3)9-12/h8-9,13H,5-7H2,1-4H3,(H,17,18)(H,19,20). The van der Waals surface area contributed by atoms with Crippen LogP contribution >= 0.6 is 0 Å². The van der Waals surface area contributed by atoms with E-state index in [0.29, 0.717) is 12.0 Å². The second kappa shape index (κ2) is 7.67. The number of hydrogen-bond donors (Lipinski definition) is 2. The molecule has 21 heavy (non-hydrogen) atoms. The van der Waals surface area contributed by atoms with E-state index >= 15 is 0 Å². The van der Waals surface area contributed by atoms with E-state index in [1.807, 2.05) is 20.8 Å². The summed E-state index contributed by atoms with van der Waals surface area (Å²) in [5.74, 6) is -0.626. The highest BCUT2D eigenvalue weighted by Gasteiger charge is 2.20. The maximum absolute atomic E-state index is 12.2. The molecule has 0 aliphatic carbocycles. The zero-order valence-corrected chi connectivity index (χ0v) is 13.0. The Morgan fingerprint density at radius 2 is 1.86 bits per heavy atom. The van der Waals surface area contributed by atoms with Gasteiger partial charge in [-0.1, -0.05) is 19.8 Å². The number of hydrogen-bond acceptors (Lipinski definition) is 3. The molecule has 0 radical (unpaired) electrons. The van der Waals surface area contributed by atoms with Gasteiger partial charge in [0.1, 0.15) is 11.8 Å². The molecule has 0 heterocycles. The third-order valence-corrected chi connectivity index (χ3v) is 3.38. The van der Waals surface area contributed by atoms with Gasteiger partial charge in [0, 0.05) is 5.56 Å². The normalized spacial score (nSPS) is 11.8. The molecule has 0 aromatic heterocycles. The third kappa shape index (κ3) is 4.48. The quantitative estimate of drug-likeness (QED) is 0.810. The van der Waals surface area contributed by atoms with Gasteiger partial charge in [-0.25, -0.2) is 4.79 Å². The van der Waals surface area contributed by atoms with Crippen molar-refractivity contribution in [2.24, 2.45) is 0 Å². The van der Waals surface area contributed by atoms with Crippen LogP contribution in [0.5, 0.6) is 5.75 Å². The van der Waals surface area contributed by atoms with Crippen LogP contribution < -0.4 is 10.1 Å². The molecule has 116 valence electrons. The fourth-order valence-electron chi connectivity index (χ4n) is 2.31. The molecule has 1 aromatic rings. The lowest BCUT2D eigenvalue weighted by molar-refractivity contribution is -0.139. The summed E-state index contributed by atoms with van der Waals surface area (Å²) in [6.07, 6.45) is 2.09. The first kappa shape index (κ1) is 17.0. The van der Waals surface area contributed by atoms with Crippen molar-refractivity contribution >= 4 is 11.9 Å². The molecule has 2 N–H and O–H groups in total. The molecule has 5 nitrogen and oxygen atoms in total. The first-order valence-electron chi connectivity index (χ1n) is 7.09. The van der Waals surface area contributed by atoms with E-state index < -0.39 is 12.0 Å². The number of benzene rings is 1. The van der Waals surface area contributed by atoms with Gasteiger partial charge in [-0.3, -0.25) is 4.79 Å². The highest BCUT2D eigenvalue weighted by atomic mass is 16.5. The zero-order chi connectivity index (χ0) is 16.0. The summed E-state index contributed by atoms with van der Waals surface area (Å²) in [7, 11) is 1.58. The summed E-state index contributed by atoms with van der Waals surface area (Å²) in [5.41, 5.74) is 2.15. The van der Waals surface area contributed by atoms with Crippen molar-refractivity contribution in [2.45, 2.75) is 46.1 Å². The Morgan fingerprint density at radius 3 is 2.29 bits per heavy atom. The Hall–Kier alpha value is -2.04. The molecule has 1 aromatic carbocycles. The number of aryl methyl sites for hydroxylation is 2.